The van der Waals surface area contributed by atoms with Crippen molar-refractivity contribution < 1.29 is 0 Å². The highest BCUT2D eigenvalue weighted by molar-refractivity contribution is 7.26. The van der Waals surface area contributed by atoms with Gasteiger partial charge in [0.2, 0.25) is 0 Å². The normalized spacial score (nSPS) is 11.5. The number of para-hydroxylation sites is 2. The van der Waals surface area contributed by atoms with Crippen molar-refractivity contribution >= 4 is 53.3 Å². The molecule has 68 heavy (non-hydrogen) atoms. The van der Waals surface area contributed by atoms with Crippen molar-refractivity contribution in [2.45, 2.75) is 0 Å². The number of rotatable bonds is 8. The highest BCUT2D eigenvalue weighted by Crippen LogP contribution is 2.48. The van der Waals surface area contributed by atoms with E-state index in [9.17, 15) is 0 Å². The Balaban J connectivity index is 1.17. The SMILES string of the molecule is c1ccc(-c2cc(-c3ccccc3)cc(-c3cccc(-c4cc(-n5c6ccccc6c6ccccc65)cc5c4sc4ccccc45)c3-c3nc(-c4ccccc4)nc(-c4ccccc4)n3)c2)cc1. The van der Waals surface area contributed by atoms with Gasteiger partial charge in [0.25, 0.3) is 0 Å². The third-order valence-electron chi connectivity index (χ3n) is 13.0. The topological polar surface area (TPSA) is 43.6 Å². The minimum atomic E-state index is 0.603. The summed E-state index contributed by atoms with van der Waals surface area (Å²) in [6.07, 6.45) is 0. The van der Waals surface area contributed by atoms with E-state index in [1.807, 2.05) is 47.7 Å². The lowest BCUT2D eigenvalue weighted by Gasteiger charge is -2.19. The van der Waals surface area contributed by atoms with Gasteiger partial charge in [-0.15, -0.1) is 11.3 Å². The molecule has 0 aliphatic carbocycles. The Hall–Kier alpha value is -8.77. The van der Waals surface area contributed by atoms with Crippen LogP contribution in [0.2, 0.25) is 0 Å². The molecular weight excluding hydrogens is 845 g/mol. The van der Waals surface area contributed by atoms with Gasteiger partial charge in [-0.1, -0.05) is 194 Å². The van der Waals surface area contributed by atoms with Gasteiger partial charge in [-0.2, -0.15) is 0 Å². The minimum absolute atomic E-state index is 0.603. The molecule has 0 fully saturated rings. The molecule has 0 saturated heterocycles. The Morgan fingerprint density at radius 2 is 0.750 bits per heavy atom. The van der Waals surface area contributed by atoms with Crippen molar-refractivity contribution in [3.8, 4) is 84.4 Å². The van der Waals surface area contributed by atoms with Crippen LogP contribution >= 0.6 is 11.3 Å². The van der Waals surface area contributed by atoms with Crippen LogP contribution < -0.4 is 0 Å². The fourth-order valence-corrected chi connectivity index (χ4v) is 11.1. The second kappa shape index (κ2) is 16.6. The van der Waals surface area contributed by atoms with Crippen molar-refractivity contribution in [1.82, 2.24) is 19.5 Å². The number of hydrogen-bond donors (Lipinski definition) is 0. The van der Waals surface area contributed by atoms with Gasteiger partial charge in [-0.25, -0.2) is 15.0 Å². The number of nitrogens with zero attached hydrogens (tertiary/aromatic N) is 4. The zero-order valence-electron chi connectivity index (χ0n) is 36.8. The molecule has 318 valence electrons. The summed E-state index contributed by atoms with van der Waals surface area (Å²) >= 11 is 1.84. The van der Waals surface area contributed by atoms with E-state index in [2.05, 4.69) is 211 Å². The summed E-state index contributed by atoms with van der Waals surface area (Å²) in [4.78, 5) is 16.1. The highest BCUT2D eigenvalue weighted by Gasteiger charge is 2.24. The van der Waals surface area contributed by atoms with Crippen molar-refractivity contribution in [3.05, 3.63) is 243 Å². The fraction of sp³-hybridized carbons (Fsp3) is 0. The maximum Gasteiger partial charge on any atom is 0.165 e. The number of aromatic nitrogens is 4. The Morgan fingerprint density at radius 1 is 0.294 bits per heavy atom. The molecule has 13 aromatic rings. The Morgan fingerprint density at radius 3 is 1.32 bits per heavy atom. The number of fused-ring (bicyclic) bond motifs is 6. The van der Waals surface area contributed by atoms with Crippen LogP contribution in [-0.4, -0.2) is 19.5 Å². The monoisotopic (exact) mass is 884 g/mol. The van der Waals surface area contributed by atoms with Gasteiger partial charge in [0, 0.05) is 58.9 Å². The quantitative estimate of drug-likeness (QED) is 0.153. The first kappa shape index (κ1) is 39.6. The molecule has 3 heterocycles. The number of benzene rings is 10. The van der Waals surface area contributed by atoms with E-state index in [-0.39, 0.29) is 0 Å². The summed E-state index contributed by atoms with van der Waals surface area (Å²) in [5, 5.41) is 4.89. The van der Waals surface area contributed by atoms with Crippen molar-refractivity contribution in [2.75, 3.05) is 0 Å². The molecule has 0 amide bonds. The van der Waals surface area contributed by atoms with Crippen molar-refractivity contribution in [1.29, 1.82) is 0 Å². The lowest BCUT2D eigenvalue weighted by atomic mass is 9.87. The van der Waals surface area contributed by atoms with Crippen molar-refractivity contribution in [2.24, 2.45) is 0 Å². The van der Waals surface area contributed by atoms with Crippen LogP contribution in [0.15, 0.2) is 243 Å². The van der Waals surface area contributed by atoms with E-state index in [4.69, 9.17) is 15.0 Å². The summed E-state index contributed by atoms with van der Waals surface area (Å²) in [6.45, 7) is 0. The van der Waals surface area contributed by atoms with Crippen LogP contribution in [0.25, 0.3) is 126 Å². The van der Waals surface area contributed by atoms with Gasteiger partial charge < -0.3 is 4.57 Å². The number of hydrogen-bond acceptors (Lipinski definition) is 4. The largest absolute Gasteiger partial charge is 0.309 e. The average molecular weight is 885 g/mol. The van der Waals surface area contributed by atoms with Gasteiger partial charge in [0.15, 0.2) is 17.5 Å². The van der Waals surface area contributed by atoms with Crippen LogP contribution in [0.4, 0.5) is 0 Å². The maximum atomic E-state index is 5.49. The van der Waals surface area contributed by atoms with Gasteiger partial charge in [-0.3, -0.25) is 0 Å². The molecule has 0 bridgehead atoms. The standard InChI is InChI=1S/C63H40N4S/c1-5-20-41(21-6-1)45-36-46(42-22-7-2-8-23-42)38-47(37-45)49-31-19-32-53(59(49)63-65-61(43-24-9-3-10-25-43)64-62(66-63)44-26-11-4-12-27-44)55-40-48(39-54-52-30-15-18-35-58(52)68-60(54)55)67-56-33-16-13-28-50(56)51-29-14-17-34-57(51)67/h1-40H. The highest BCUT2D eigenvalue weighted by atomic mass is 32.1. The van der Waals surface area contributed by atoms with E-state index in [1.54, 1.807) is 0 Å². The summed E-state index contributed by atoms with van der Waals surface area (Å²) in [5.41, 5.74) is 15.0. The zero-order chi connectivity index (χ0) is 45.0. The smallest absolute Gasteiger partial charge is 0.165 e. The zero-order valence-corrected chi connectivity index (χ0v) is 37.6. The second-order valence-corrected chi connectivity index (χ2v) is 18.2. The maximum absolute atomic E-state index is 5.49. The summed E-state index contributed by atoms with van der Waals surface area (Å²) in [7, 11) is 0. The molecule has 10 aromatic carbocycles. The first-order chi connectivity index (χ1) is 33.7. The Labute approximate surface area is 397 Å². The molecule has 0 N–H and O–H groups in total. The summed E-state index contributed by atoms with van der Waals surface area (Å²) in [6, 6.07) is 86.6. The lowest BCUT2D eigenvalue weighted by Crippen LogP contribution is -2.03. The molecule has 13 rings (SSSR count). The molecule has 0 unspecified atom stereocenters. The first-order valence-electron chi connectivity index (χ1n) is 22.9. The van der Waals surface area contributed by atoms with Crippen LogP contribution in [0.3, 0.4) is 0 Å². The molecule has 5 heteroatoms. The third-order valence-corrected chi connectivity index (χ3v) is 14.3. The summed E-state index contributed by atoms with van der Waals surface area (Å²) in [5.74, 6) is 1.83. The first-order valence-corrected chi connectivity index (χ1v) is 23.7. The van der Waals surface area contributed by atoms with E-state index < -0.39 is 0 Å². The van der Waals surface area contributed by atoms with Crippen LogP contribution in [-0.2, 0) is 0 Å². The molecule has 3 aromatic heterocycles. The van der Waals surface area contributed by atoms with Gasteiger partial charge in [-0.05, 0) is 87.5 Å². The molecule has 0 aliphatic heterocycles. The molecule has 0 saturated carbocycles. The molecule has 0 radical (unpaired) electrons. The van der Waals surface area contributed by atoms with Crippen LogP contribution in [0.1, 0.15) is 0 Å². The van der Waals surface area contributed by atoms with E-state index in [0.717, 1.165) is 77.9 Å². The second-order valence-electron chi connectivity index (χ2n) is 17.1. The van der Waals surface area contributed by atoms with Crippen LogP contribution in [0, 0.1) is 0 Å². The van der Waals surface area contributed by atoms with E-state index in [1.165, 1.54) is 30.9 Å². The molecule has 0 atom stereocenters. The Bertz CT molecular complexity index is 3840. The Kier molecular flexibility index (Phi) is 9.66. The third kappa shape index (κ3) is 6.88. The molecule has 4 nitrogen and oxygen atoms in total. The summed E-state index contributed by atoms with van der Waals surface area (Å²) < 4.78 is 4.88. The van der Waals surface area contributed by atoms with Gasteiger partial charge in [0.05, 0.1) is 11.0 Å². The molecular formula is C63H40N4S. The van der Waals surface area contributed by atoms with Gasteiger partial charge >= 0.3 is 0 Å². The lowest BCUT2D eigenvalue weighted by molar-refractivity contribution is 1.07. The molecule has 0 spiro atoms. The van der Waals surface area contributed by atoms with E-state index >= 15 is 0 Å². The van der Waals surface area contributed by atoms with Crippen LogP contribution in [0.5, 0.6) is 0 Å². The number of thiophene rings is 1. The van der Waals surface area contributed by atoms with E-state index in [0.29, 0.717) is 17.5 Å². The fourth-order valence-electron chi connectivity index (χ4n) is 9.90. The predicted octanol–water partition coefficient (Wildman–Crippen LogP) is 17.0. The molecule has 0 aliphatic rings. The van der Waals surface area contributed by atoms with Gasteiger partial charge in [0.1, 0.15) is 0 Å². The predicted molar refractivity (Wildman–Crippen MR) is 285 cm³/mol. The minimum Gasteiger partial charge on any atom is -0.309 e. The van der Waals surface area contributed by atoms with Crippen molar-refractivity contribution in [3.63, 3.8) is 0 Å². The average Bonchev–Trinajstić information content (AvgIpc) is 3.97.